The largest absolute Gasteiger partial charge is 0.480 e. The Balaban J connectivity index is 2.04. The van der Waals surface area contributed by atoms with Crippen molar-refractivity contribution in [2.24, 2.45) is 5.92 Å². The molecule has 1 unspecified atom stereocenters. The summed E-state index contributed by atoms with van der Waals surface area (Å²) in [5.41, 5.74) is 0.497. The maximum Gasteiger partial charge on any atom is 0.328 e. The number of hydrogen-bond acceptors (Lipinski definition) is 6. The predicted octanol–water partition coefficient (Wildman–Crippen LogP) is 1.52. The molecule has 0 saturated carbocycles. The maximum absolute atomic E-state index is 13.1. The molecule has 2 aliphatic rings. The lowest BCUT2D eigenvalue weighted by atomic mass is 9.85. The van der Waals surface area contributed by atoms with E-state index >= 15 is 0 Å². The molecular weight excluding hydrogens is 386 g/mol. The number of β-lactam (4-membered cyclic amide) rings is 1. The van der Waals surface area contributed by atoms with Gasteiger partial charge >= 0.3 is 11.9 Å². The van der Waals surface area contributed by atoms with Gasteiger partial charge in [0.2, 0.25) is 5.91 Å². The molecule has 0 aliphatic carbocycles. The van der Waals surface area contributed by atoms with Gasteiger partial charge < -0.3 is 14.7 Å². The maximum atomic E-state index is 13.1. The van der Waals surface area contributed by atoms with Crippen LogP contribution in [0.5, 0.6) is 0 Å². The molecule has 2 aliphatic heterocycles. The molecule has 2 heterocycles. The number of ether oxygens (including phenoxy) is 1. The number of carboxylic acid groups (broad SMARTS) is 1. The Hall–Kier alpha value is -2.42. The Labute approximate surface area is 163 Å². The molecule has 2 fully saturated rings. The fourth-order valence-corrected chi connectivity index (χ4v) is 6.34. The van der Waals surface area contributed by atoms with Gasteiger partial charge in [-0.3, -0.25) is 9.59 Å². The molecule has 4 atom stereocenters. The standard InChI is InChI=1S/C19H23NO7S/c1-4-8-12(21)27-14(11-9-6-5-7-10-11)13-16(22)20-15(18(23)24)19(2,3)28(25,26)17(13)20/h5-7,9-10,13-15,17H,4,8H2,1-3H3,(H,23,24)/t13-,14?,15+,17-/m1/s1. The first-order chi connectivity index (χ1) is 13.1. The van der Waals surface area contributed by atoms with Crippen molar-refractivity contribution in [2.75, 3.05) is 0 Å². The number of sulfone groups is 1. The molecular formula is C19H23NO7S. The lowest BCUT2D eigenvalue weighted by molar-refractivity contribution is -0.176. The van der Waals surface area contributed by atoms with Gasteiger partial charge in [-0.25, -0.2) is 13.2 Å². The first-order valence-corrected chi connectivity index (χ1v) is 10.6. The highest BCUT2D eigenvalue weighted by molar-refractivity contribution is 7.93. The number of nitrogens with zero attached hydrogens (tertiary/aromatic N) is 1. The van der Waals surface area contributed by atoms with E-state index in [9.17, 15) is 27.9 Å². The van der Waals surface area contributed by atoms with E-state index in [-0.39, 0.29) is 6.42 Å². The highest BCUT2D eigenvalue weighted by atomic mass is 32.2. The smallest absolute Gasteiger partial charge is 0.328 e. The zero-order valence-electron chi connectivity index (χ0n) is 15.9. The highest BCUT2D eigenvalue weighted by Crippen LogP contribution is 2.52. The summed E-state index contributed by atoms with van der Waals surface area (Å²) in [5.74, 6) is -3.71. The molecule has 0 bridgehead atoms. The molecule has 8 nitrogen and oxygen atoms in total. The van der Waals surface area contributed by atoms with Gasteiger partial charge in [0, 0.05) is 6.42 Å². The lowest BCUT2D eigenvalue weighted by Crippen LogP contribution is -2.65. The van der Waals surface area contributed by atoms with E-state index in [1.165, 1.54) is 13.8 Å². The summed E-state index contributed by atoms with van der Waals surface area (Å²) in [6.07, 6.45) is -0.414. The van der Waals surface area contributed by atoms with Crippen molar-refractivity contribution in [2.45, 2.75) is 55.9 Å². The number of hydrogen-bond donors (Lipinski definition) is 1. The molecule has 9 heteroatoms. The fraction of sp³-hybridized carbons (Fsp3) is 0.526. The third kappa shape index (κ3) is 2.80. The monoisotopic (exact) mass is 409 g/mol. The number of carbonyl (C=O) groups excluding carboxylic acids is 2. The number of carboxylic acids is 1. The third-order valence-electron chi connectivity index (χ3n) is 5.51. The van der Waals surface area contributed by atoms with Crippen molar-refractivity contribution in [3.63, 3.8) is 0 Å². The SMILES string of the molecule is CCCC(=O)OC(c1ccccc1)[C@@H]1C(=O)N2[C@@H](C(=O)O)C(C)(C)S(=O)(=O)[C@H]12. The van der Waals surface area contributed by atoms with Crippen molar-refractivity contribution in [1.29, 1.82) is 0 Å². The highest BCUT2D eigenvalue weighted by Gasteiger charge is 2.73. The number of fused-ring (bicyclic) bond motifs is 1. The lowest BCUT2D eigenvalue weighted by Gasteiger charge is -2.45. The van der Waals surface area contributed by atoms with Crippen LogP contribution in [0.1, 0.15) is 45.3 Å². The predicted molar refractivity (Wildman–Crippen MR) is 98.7 cm³/mol. The first-order valence-electron chi connectivity index (χ1n) is 9.08. The van der Waals surface area contributed by atoms with Crippen LogP contribution < -0.4 is 0 Å². The van der Waals surface area contributed by atoms with Gasteiger partial charge in [0.15, 0.2) is 15.2 Å². The second-order valence-corrected chi connectivity index (χ2v) is 10.2. The van der Waals surface area contributed by atoms with Crippen LogP contribution >= 0.6 is 0 Å². The van der Waals surface area contributed by atoms with E-state index in [4.69, 9.17) is 4.74 Å². The van der Waals surface area contributed by atoms with Crippen LogP contribution in [0.15, 0.2) is 30.3 Å². The summed E-state index contributed by atoms with van der Waals surface area (Å²) in [6, 6.07) is 6.98. The van der Waals surface area contributed by atoms with Gasteiger partial charge in [0.05, 0.1) is 4.75 Å². The topological polar surface area (TPSA) is 118 Å². The van der Waals surface area contributed by atoms with Crippen LogP contribution in [0, 0.1) is 5.92 Å². The van der Waals surface area contributed by atoms with Crippen LogP contribution in [0.4, 0.5) is 0 Å². The Kier molecular flexibility index (Phi) is 4.99. The molecule has 0 spiro atoms. The molecule has 1 amide bonds. The van der Waals surface area contributed by atoms with Crippen molar-refractivity contribution < 1.29 is 32.6 Å². The average Bonchev–Trinajstić information content (AvgIpc) is 2.76. The Morgan fingerprint density at radius 1 is 1.25 bits per heavy atom. The summed E-state index contributed by atoms with van der Waals surface area (Å²) in [4.78, 5) is 37.7. The zero-order chi connectivity index (χ0) is 20.9. The number of amides is 1. The second-order valence-electron chi connectivity index (χ2n) is 7.62. The molecule has 3 rings (SSSR count). The normalized spacial score (nSPS) is 28.2. The molecule has 1 N–H and O–H groups in total. The van der Waals surface area contributed by atoms with Crippen LogP contribution in [0.25, 0.3) is 0 Å². The Morgan fingerprint density at radius 3 is 2.39 bits per heavy atom. The van der Waals surface area contributed by atoms with Gasteiger partial charge in [-0.2, -0.15) is 0 Å². The minimum atomic E-state index is -4.01. The number of benzene rings is 1. The van der Waals surface area contributed by atoms with E-state index in [0.717, 1.165) is 4.90 Å². The minimum absolute atomic E-state index is 0.134. The van der Waals surface area contributed by atoms with Crippen molar-refractivity contribution in [1.82, 2.24) is 4.90 Å². The molecule has 1 aromatic carbocycles. The third-order valence-corrected chi connectivity index (χ3v) is 8.36. The van der Waals surface area contributed by atoms with E-state index in [1.807, 2.05) is 0 Å². The first kappa shape index (κ1) is 20.3. The number of aliphatic carboxylic acids is 1. The van der Waals surface area contributed by atoms with Gasteiger partial charge in [-0.05, 0) is 25.8 Å². The van der Waals surface area contributed by atoms with Crippen LogP contribution in [-0.2, 0) is 29.0 Å². The molecule has 0 aromatic heterocycles. The summed E-state index contributed by atoms with van der Waals surface area (Å²) in [6.45, 7) is 4.42. The van der Waals surface area contributed by atoms with E-state index < -0.39 is 55.9 Å². The van der Waals surface area contributed by atoms with Gasteiger partial charge in [-0.1, -0.05) is 37.3 Å². The molecule has 152 valence electrons. The molecule has 1 aromatic rings. The fourth-order valence-electron chi connectivity index (χ4n) is 4.02. The van der Waals surface area contributed by atoms with E-state index in [1.54, 1.807) is 37.3 Å². The van der Waals surface area contributed by atoms with E-state index in [2.05, 4.69) is 0 Å². The van der Waals surface area contributed by atoms with Gasteiger partial charge in [-0.15, -0.1) is 0 Å². The van der Waals surface area contributed by atoms with Crippen LogP contribution in [-0.4, -0.2) is 52.4 Å². The molecule has 2 saturated heterocycles. The molecule has 28 heavy (non-hydrogen) atoms. The summed E-state index contributed by atoms with van der Waals surface area (Å²) < 4.78 is 30.1. The van der Waals surface area contributed by atoms with Gasteiger partial charge in [0.25, 0.3) is 0 Å². The van der Waals surface area contributed by atoms with Crippen LogP contribution in [0.2, 0.25) is 0 Å². The van der Waals surface area contributed by atoms with Crippen molar-refractivity contribution >= 4 is 27.7 Å². The quantitative estimate of drug-likeness (QED) is 0.559. The summed E-state index contributed by atoms with van der Waals surface area (Å²) >= 11 is 0. The Morgan fingerprint density at radius 2 is 1.86 bits per heavy atom. The number of esters is 1. The molecule has 0 radical (unpaired) electrons. The minimum Gasteiger partial charge on any atom is -0.480 e. The van der Waals surface area contributed by atoms with Crippen molar-refractivity contribution in [3.05, 3.63) is 35.9 Å². The van der Waals surface area contributed by atoms with E-state index in [0.29, 0.717) is 12.0 Å². The number of carbonyl (C=O) groups is 3. The zero-order valence-corrected chi connectivity index (χ0v) is 16.7. The number of rotatable bonds is 6. The van der Waals surface area contributed by atoms with Crippen LogP contribution in [0.3, 0.4) is 0 Å². The summed E-state index contributed by atoms with van der Waals surface area (Å²) in [7, 11) is -4.01. The van der Waals surface area contributed by atoms with Crippen molar-refractivity contribution in [3.8, 4) is 0 Å². The second kappa shape index (κ2) is 6.88. The average molecular weight is 409 g/mol. The summed E-state index contributed by atoms with van der Waals surface area (Å²) in [5, 5.41) is 8.20. The Bertz CT molecular complexity index is 909. The van der Waals surface area contributed by atoms with Gasteiger partial charge in [0.1, 0.15) is 18.1 Å².